The number of nitrogens with zero attached hydrogens (tertiary/aromatic N) is 4. The van der Waals surface area contributed by atoms with E-state index < -0.39 is 24.1 Å². The van der Waals surface area contributed by atoms with E-state index in [4.69, 9.17) is 18.9 Å². The molecule has 5 aromatic rings. The minimum Gasteiger partial charge on any atom is -0.497 e. The van der Waals surface area contributed by atoms with Gasteiger partial charge in [0, 0.05) is 47.4 Å². The van der Waals surface area contributed by atoms with Crippen molar-refractivity contribution in [3.05, 3.63) is 107 Å². The number of carbonyl (C=O) groups excluding carboxylic acids is 2. The second kappa shape index (κ2) is 16.3. The largest absolute Gasteiger partial charge is 0.497 e. The van der Waals surface area contributed by atoms with Crippen LogP contribution >= 0.6 is 0 Å². The van der Waals surface area contributed by atoms with Crippen molar-refractivity contribution < 1.29 is 28.5 Å². The van der Waals surface area contributed by atoms with Crippen molar-refractivity contribution in [3.8, 4) is 11.5 Å². The topological polar surface area (TPSA) is 103 Å². The Labute approximate surface area is 340 Å². The number of rotatable bonds is 12. The summed E-state index contributed by atoms with van der Waals surface area (Å²) in [5, 5.41) is 1.82. The molecule has 0 amide bonds. The van der Waals surface area contributed by atoms with Gasteiger partial charge in [0.25, 0.3) is 0 Å². The molecule has 10 heteroatoms. The van der Waals surface area contributed by atoms with E-state index in [0.29, 0.717) is 34.8 Å². The molecule has 302 valence electrons. The summed E-state index contributed by atoms with van der Waals surface area (Å²) < 4.78 is 24.4. The standard InChI is InChI=1S/C48H54N4O6/c1-5-29-27-51-21-17-33(29)23-43(51)45(37-15-19-49-41-13-11-35(55-3)25-39(37)41)57-47(53)31-7-9-32(10-8-31)48(54)58-46(44-24-34-18-22-52(44)28-30(34)6-2)38-16-20-50-42-14-12-36(56-4)26-40(38)42/h7-16,19-20,25-26,29-30,33-34,43-46H,5-6,17-18,21-24,27-28H2,1-4H3/t29-,30-,33-,34-,43+,44+,45-,46-/m0/s1. The molecular formula is C48H54N4O6. The van der Waals surface area contributed by atoms with Crippen molar-refractivity contribution in [1.82, 2.24) is 19.8 Å². The molecule has 6 aliphatic rings. The Hall–Kier alpha value is -5.06. The third kappa shape index (κ3) is 7.19. The Morgan fingerprint density at radius 1 is 0.638 bits per heavy atom. The van der Waals surface area contributed by atoms with E-state index in [1.807, 2.05) is 48.5 Å². The number of hydrogen-bond donors (Lipinski definition) is 0. The zero-order chi connectivity index (χ0) is 39.9. The summed E-state index contributed by atoms with van der Waals surface area (Å²) in [5.41, 5.74) is 4.25. The molecule has 0 N–H and O–H groups in total. The number of fused-ring (bicyclic) bond motifs is 8. The predicted molar refractivity (Wildman–Crippen MR) is 223 cm³/mol. The van der Waals surface area contributed by atoms with Crippen LogP contribution in [0, 0.1) is 23.7 Å². The minimum atomic E-state index is -0.516. The molecule has 2 aromatic heterocycles. The summed E-state index contributed by atoms with van der Waals surface area (Å²) >= 11 is 0. The number of benzene rings is 3. The predicted octanol–water partition coefficient (Wildman–Crippen LogP) is 8.84. The molecule has 58 heavy (non-hydrogen) atoms. The van der Waals surface area contributed by atoms with Crippen LogP contribution in [0.3, 0.4) is 0 Å². The van der Waals surface area contributed by atoms with Crippen LogP contribution < -0.4 is 9.47 Å². The number of hydrogen-bond acceptors (Lipinski definition) is 10. The van der Waals surface area contributed by atoms with E-state index in [2.05, 4.69) is 33.6 Å². The summed E-state index contributed by atoms with van der Waals surface area (Å²) in [6.45, 7) is 8.55. The SMILES string of the molecule is CC[C@H]1CN2CC[C@H]1C[C@@H]2[C@@H](OC(=O)c1ccc(C(=O)O[C@@H](c2ccnc3ccc(OC)cc23)[C@H]2C[C@@H]3CCN2C[C@@H]3CC)cc1)c1ccnc2ccc(OC)cc12. The zero-order valence-electron chi connectivity index (χ0n) is 34.0. The van der Waals surface area contributed by atoms with E-state index >= 15 is 0 Å². The highest BCUT2D eigenvalue weighted by Crippen LogP contribution is 2.46. The van der Waals surface area contributed by atoms with Crippen LogP contribution in [-0.2, 0) is 9.47 Å². The fourth-order valence-electron chi connectivity index (χ4n) is 10.8. The second-order valence-electron chi connectivity index (χ2n) is 16.8. The molecule has 10 nitrogen and oxygen atoms in total. The average Bonchev–Trinajstić information content (AvgIpc) is 3.29. The maximum atomic E-state index is 14.2. The van der Waals surface area contributed by atoms with Crippen LogP contribution in [0.4, 0.5) is 0 Å². The van der Waals surface area contributed by atoms with E-state index in [0.717, 1.165) is 96.3 Å². The lowest BCUT2D eigenvalue weighted by molar-refractivity contribution is -0.0662. The number of piperidine rings is 6. The Kier molecular flexibility index (Phi) is 10.8. The number of carbonyl (C=O) groups is 2. The van der Waals surface area contributed by atoms with Gasteiger partial charge in [-0.15, -0.1) is 0 Å². The Bertz CT molecular complexity index is 2140. The van der Waals surface area contributed by atoms with Gasteiger partial charge in [0.05, 0.1) is 48.5 Å². The summed E-state index contributed by atoms with van der Waals surface area (Å²) in [6.07, 6.45) is 9.14. The van der Waals surface area contributed by atoms with Gasteiger partial charge in [-0.3, -0.25) is 19.8 Å². The summed E-state index contributed by atoms with van der Waals surface area (Å²) in [7, 11) is 3.31. The van der Waals surface area contributed by atoms with Crippen molar-refractivity contribution in [2.75, 3.05) is 40.4 Å². The highest BCUT2D eigenvalue weighted by molar-refractivity contribution is 5.94. The number of aromatic nitrogens is 2. The highest BCUT2D eigenvalue weighted by atomic mass is 16.5. The monoisotopic (exact) mass is 782 g/mol. The maximum Gasteiger partial charge on any atom is 0.338 e. The first-order valence-electron chi connectivity index (χ1n) is 21.2. The molecule has 4 bridgehead atoms. The fourth-order valence-corrected chi connectivity index (χ4v) is 10.8. The van der Waals surface area contributed by atoms with Gasteiger partial charge >= 0.3 is 11.9 Å². The van der Waals surface area contributed by atoms with Crippen molar-refractivity contribution in [3.63, 3.8) is 0 Å². The van der Waals surface area contributed by atoms with Gasteiger partial charge in [0.15, 0.2) is 0 Å². The lowest BCUT2D eigenvalue weighted by atomic mass is 9.72. The molecular weight excluding hydrogens is 729 g/mol. The molecule has 3 aromatic carbocycles. The molecule has 10 atom stereocenters. The van der Waals surface area contributed by atoms with Gasteiger partial charge in [-0.1, -0.05) is 26.7 Å². The molecule has 0 spiro atoms. The number of ether oxygens (including phenoxy) is 4. The van der Waals surface area contributed by atoms with Crippen molar-refractivity contribution in [2.45, 2.75) is 76.7 Å². The normalized spacial score (nSPS) is 27.2. The fraction of sp³-hybridized carbons (Fsp3) is 0.458. The Morgan fingerprint density at radius 3 is 1.43 bits per heavy atom. The Balaban J connectivity index is 0.995. The highest BCUT2D eigenvalue weighted by Gasteiger charge is 2.46. The van der Waals surface area contributed by atoms with E-state index in [1.165, 1.54) is 12.8 Å². The van der Waals surface area contributed by atoms with Gasteiger partial charge < -0.3 is 18.9 Å². The first-order chi connectivity index (χ1) is 28.3. The number of pyridine rings is 2. The van der Waals surface area contributed by atoms with Crippen LogP contribution in [-0.4, -0.2) is 84.2 Å². The molecule has 0 aliphatic carbocycles. The molecule has 2 unspecified atom stereocenters. The molecule has 0 radical (unpaired) electrons. The first kappa shape index (κ1) is 38.5. The molecule has 11 rings (SSSR count). The lowest BCUT2D eigenvalue weighted by Crippen LogP contribution is -2.55. The quantitative estimate of drug-likeness (QED) is 0.114. The smallest absolute Gasteiger partial charge is 0.338 e. The zero-order valence-corrected chi connectivity index (χ0v) is 34.0. The lowest BCUT2D eigenvalue weighted by Gasteiger charge is -2.51. The summed E-state index contributed by atoms with van der Waals surface area (Å²) in [6, 6.07) is 22.5. The summed E-state index contributed by atoms with van der Waals surface area (Å²) in [4.78, 5) is 42.7. The second-order valence-corrected chi connectivity index (χ2v) is 16.8. The average molecular weight is 783 g/mol. The van der Waals surface area contributed by atoms with E-state index in [1.54, 1.807) is 50.9 Å². The third-order valence-electron chi connectivity index (χ3n) is 14.0. The van der Waals surface area contributed by atoms with Crippen molar-refractivity contribution in [1.29, 1.82) is 0 Å². The van der Waals surface area contributed by atoms with Crippen LogP contribution in [0.5, 0.6) is 11.5 Å². The molecule has 6 fully saturated rings. The van der Waals surface area contributed by atoms with Crippen LogP contribution in [0.25, 0.3) is 21.8 Å². The number of esters is 2. The van der Waals surface area contributed by atoms with Gasteiger partial charge in [-0.25, -0.2) is 9.59 Å². The van der Waals surface area contributed by atoms with Crippen LogP contribution in [0.2, 0.25) is 0 Å². The molecule has 6 saturated heterocycles. The van der Waals surface area contributed by atoms with Crippen LogP contribution in [0.15, 0.2) is 85.2 Å². The van der Waals surface area contributed by atoms with E-state index in [-0.39, 0.29) is 12.1 Å². The molecule has 6 aliphatic heterocycles. The van der Waals surface area contributed by atoms with Crippen molar-refractivity contribution >= 4 is 33.7 Å². The van der Waals surface area contributed by atoms with Gasteiger partial charge in [0.1, 0.15) is 23.7 Å². The van der Waals surface area contributed by atoms with E-state index in [9.17, 15) is 9.59 Å². The maximum absolute atomic E-state index is 14.2. The van der Waals surface area contributed by atoms with Gasteiger partial charge in [0.2, 0.25) is 0 Å². The first-order valence-corrected chi connectivity index (χ1v) is 21.2. The molecule has 0 saturated carbocycles. The Morgan fingerprint density at radius 2 is 1.07 bits per heavy atom. The third-order valence-corrected chi connectivity index (χ3v) is 14.0. The number of methoxy groups -OCH3 is 2. The minimum absolute atomic E-state index is 0.0381. The van der Waals surface area contributed by atoms with Crippen LogP contribution in [0.1, 0.15) is 96.4 Å². The van der Waals surface area contributed by atoms with Crippen molar-refractivity contribution in [2.24, 2.45) is 23.7 Å². The molecule has 8 heterocycles. The van der Waals surface area contributed by atoms with Gasteiger partial charge in [-0.2, -0.15) is 0 Å². The summed E-state index contributed by atoms with van der Waals surface area (Å²) in [5.74, 6) is 3.09. The van der Waals surface area contributed by atoms with Gasteiger partial charge in [-0.05, 0) is 135 Å².